The van der Waals surface area contributed by atoms with Gasteiger partial charge < -0.3 is 25.1 Å². The molecule has 0 aliphatic heterocycles. The Morgan fingerprint density at radius 3 is 2.72 bits per heavy atom. The molecule has 5 heteroatoms. The Kier molecular flexibility index (Phi) is 6.49. The Labute approximate surface area is 107 Å². The zero-order valence-corrected chi connectivity index (χ0v) is 10.8. The predicted molar refractivity (Wildman–Crippen MR) is 69.6 cm³/mol. The number of anilines is 1. The Hall–Kier alpha value is -1.30. The smallest absolute Gasteiger partial charge is 0.121 e. The molecule has 0 aliphatic carbocycles. The summed E-state index contributed by atoms with van der Waals surface area (Å²) in [5, 5.41) is 9.67. The van der Waals surface area contributed by atoms with Crippen molar-refractivity contribution in [3.63, 3.8) is 0 Å². The van der Waals surface area contributed by atoms with E-state index < -0.39 is 6.10 Å². The summed E-state index contributed by atoms with van der Waals surface area (Å²) in [5.41, 5.74) is 6.25. The summed E-state index contributed by atoms with van der Waals surface area (Å²) in [4.78, 5) is 0. The van der Waals surface area contributed by atoms with Gasteiger partial charge in [0.05, 0.1) is 19.3 Å². The van der Waals surface area contributed by atoms with Crippen molar-refractivity contribution in [3.05, 3.63) is 24.3 Å². The molecule has 3 N–H and O–H groups in total. The van der Waals surface area contributed by atoms with E-state index in [0.29, 0.717) is 18.0 Å². The highest BCUT2D eigenvalue weighted by atomic mass is 16.5. The van der Waals surface area contributed by atoms with Crippen molar-refractivity contribution >= 4 is 5.69 Å². The van der Waals surface area contributed by atoms with E-state index in [0.717, 1.165) is 0 Å². The highest BCUT2D eigenvalue weighted by Gasteiger charge is 2.09. The zero-order valence-electron chi connectivity index (χ0n) is 10.8. The van der Waals surface area contributed by atoms with Gasteiger partial charge in [0.15, 0.2) is 0 Å². The number of hydrogen-bond acceptors (Lipinski definition) is 5. The van der Waals surface area contributed by atoms with E-state index in [9.17, 15) is 5.11 Å². The monoisotopic (exact) mass is 255 g/mol. The van der Waals surface area contributed by atoms with Crippen LogP contribution in [0.25, 0.3) is 0 Å². The van der Waals surface area contributed by atoms with Crippen LogP contribution in [0.2, 0.25) is 0 Å². The van der Waals surface area contributed by atoms with E-state index in [4.69, 9.17) is 19.9 Å². The molecular formula is C13H21NO4. The van der Waals surface area contributed by atoms with E-state index >= 15 is 0 Å². The molecule has 0 bridgehead atoms. The first-order chi connectivity index (χ1) is 8.61. The fraction of sp³-hybridized carbons (Fsp3) is 0.538. The molecule has 0 saturated heterocycles. The number of nitrogens with two attached hydrogens (primary N) is 1. The van der Waals surface area contributed by atoms with Crippen LogP contribution in [0.3, 0.4) is 0 Å². The summed E-state index contributed by atoms with van der Waals surface area (Å²) in [6, 6.07) is 7.08. The molecule has 1 aromatic rings. The molecule has 1 aromatic carbocycles. The zero-order chi connectivity index (χ0) is 13.4. The molecule has 0 aromatic heterocycles. The maximum Gasteiger partial charge on any atom is 0.121 e. The minimum Gasteiger partial charge on any atom is -0.491 e. The summed E-state index contributed by atoms with van der Waals surface area (Å²) in [6.45, 7) is 2.77. The van der Waals surface area contributed by atoms with Gasteiger partial charge in [-0.3, -0.25) is 0 Å². The second kappa shape index (κ2) is 7.92. The minimum absolute atomic E-state index is 0.0444. The highest BCUT2D eigenvalue weighted by Crippen LogP contribution is 2.14. The lowest BCUT2D eigenvalue weighted by molar-refractivity contribution is -0.0422. The van der Waals surface area contributed by atoms with Crippen LogP contribution in [0.5, 0.6) is 5.75 Å². The highest BCUT2D eigenvalue weighted by molar-refractivity contribution is 5.43. The van der Waals surface area contributed by atoms with Crippen LogP contribution in [-0.2, 0) is 9.47 Å². The number of aliphatic hydroxyl groups excluding tert-OH is 1. The molecule has 2 atom stereocenters. The van der Waals surface area contributed by atoms with Crippen LogP contribution >= 0.6 is 0 Å². The van der Waals surface area contributed by atoms with Gasteiger partial charge in [-0.2, -0.15) is 0 Å². The third-order valence-electron chi connectivity index (χ3n) is 2.27. The molecule has 0 radical (unpaired) electrons. The summed E-state index contributed by atoms with van der Waals surface area (Å²) in [7, 11) is 1.61. The van der Waals surface area contributed by atoms with Gasteiger partial charge in [-0.1, -0.05) is 6.07 Å². The lowest BCUT2D eigenvalue weighted by atomic mass is 10.3. The lowest BCUT2D eigenvalue weighted by Crippen LogP contribution is -2.27. The molecule has 0 heterocycles. The van der Waals surface area contributed by atoms with Crippen molar-refractivity contribution in [1.82, 2.24) is 0 Å². The van der Waals surface area contributed by atoms with Crippen LogP contribution in [-0.4, -0.2) is 44.2 Å². The largest absolute Gasteiger partial charge is 0.491 e. The van der Waals surface area contributed by atoms with Crippen LogP contribution < -0.4 is 10.5 Å². The van der Waals surface area contributed by atoms with E-state index in [2.05, 4.69) is 0 Å². The normalized spacial score (nSPS) is 14.2. The first-order valence-electron chi connectivity index (χ1n) is 5.88. The molecule has 0 amide bonds. The van der Waals surface area contributed by atoms with Gasteiger partial charge in [0.2, 0.25) is 0 Å². The fourth-order valence-electron chi connectivity index (χ4n) is 1.40. The predicted octanol–water partition coefficient (Wildman–Crippen LogP) is 1.06. The summed E-state index contributed by atoms with van der Waals surface area (Å²) >= 11 is 0. The van der Waals surface area contributed by atoms with Crippen molar-refractivity contribution in [2.75, 3.05) is 32.7 Å². The summed E-state index contributed by atoms with van der Waals surface area (Å²) in [6.07, 6.45) is -0.720. The van der Waals surface area contributed by atoms with Gasteiger partial charge in [0.1, 0.15) is 18.5 Å². The first kappa shape index (κ1) is 14.8. The number of nitrogen functional groups attached to an aromatic ring is 1. The molecule has 0 aliphatic rings. The molecule has 0 fully saturated rings. The molecule has 0 saturated carbocycles. The average Bonchev–Trinajstić information content (AvgIpc) is 2.34. The van der Waals surface area contributed by atoms with Crippen LogP contribution in [0.15, 0.2) is 24.3 Å². The van der Waals surface area contributed by atoms with E-state index in [1.807, 2.05) is 6.92 Å². The van der Waals surface area contributed by atoms with Gasteiger partial charge in [-0.25, -0.2) is 0 Å². The quantitative estimate of drug-likeness (QED) is 0.679. The fourth-order valence-corrected chi connectivity index (χ4v) is 1.40. The average molecular weight is 255 g/mol. The van der Waals surface area contributed by atoms with E-state index in [1.54, 1.807) is 31.4 Å². The lowest BCUT2D eigenvalue weighted by Gasteiger charge is -2.16. The van der Waals surface area contributed by atoms with Crippen LogP contribution in [0.1, 0.15) is 6.92 Å². The Morgan fingerprint density at radius 1 is 1.28 bits per heavy atom. The molecule has 102 valence electrons. The number of rotatable bonds is 8. The molecule has 1 rings (SSSR count). The van der Waals surface area contributed by atoms with E-state index in [1.165, 1.54) is 0 Å². The van der Waals surface area contributed by atoms with Crippen molar-refractivity contribution in [3.8, 4) is 5.75 Å². The number of benzene rings is 1. The van der Waals surface area contributed by atoms with Crippen molar-refractivity contribution in [2.45, 2.75) is 19.1 Å². The number of hydrogen-bond donors (Lipinski definition) is 2. The topological polar surface area (TPSA) is 73.9 Å². The van der Waals surface area contributed by atoms with Gasteiger partial charge >= 0.3 is 0 Å². The summed E-state index contributed by atoms with van der Waals surface area (Å²) < 4.78 is 15.7. The van der Waals surface area contributed by atoms with Crippen molar-refractivity contribution in [2.24, 2.45) is 0 Å². The SMILES string of the molecule is COCC(C)OCC(O)COc1cccc(N)c1. The number of aliphatic hydroxyl groups is 1. The summed E-state index contributed by atoms with van der Waals surface area (Å²) in [5.74, 6) is 0.638. The first-order valence-corrected chi connectivity index (χ1v) is 5.88. The van der Waals surface area contributed by atoms with Gasteiger partial charge in [0.25, 0.3) is 0 Å². The Balaban J connectivity index is 2.22. The van der Waals surface area contributed by atoms with Crippen LogP contribution in [0, 0.1) is 0 Å². The third kappa shape index (κ3) is 5.86. The Bertz CT molecular complexity index is 346. The molecule has 0 spiro atoms. The maximum atomic E-state index is 9.67. The molecule has 2 unspecified atom stereocenters. The van der Waals surface area contributed by atoms with Gasteiger partial charge in [-0.15, -0.1) is 0 Å². The van der Waals surface area contributed by atoms with Gasteiger partial charge in [0, 0.05) is 18.9 Å². The van der Waals surface area contributed by atoms with Crippen molar-refractivity contribution in [1.29, 1.82) is 0 Å². The number of methoxy groups -OCH3 is 1. The van der Waals surface area contributed by atoms with E-state index in [-0.39, 0.29) is 19.3 Å². The third-order valence-corrected chi connectivity index (χ3v) is 2.27. The van der Waals surface area contributed by atoms with Gasteiger partial charge in [-0.05, 0) is 19.1 Å². The maximum absolute atomic E-state index is 9.67. The number of ether oxygens (including phenoxy) is 3. The second-order valence-electron chi connectivity index (χ2n) is 4.14. The molecule has 18 heavy (non-hydrogen) atoms. The molecule has 5 nitrogen and oxygen atoms in total. The minimum atomic E-state index is -0.675. The van der Waals surface area contributed by atoms with Crippen LogP contribution in [0.4, 0.5) is 5.69 Å². The molecular weight excluding hydrogens is 234 g/mol. The van der Waals surface area contributed by atoms with Crippen molar-refractivity contribution < 1.29 is 19.3 Å². The second-order valence-corrected chi connectivity index (χ2v) is 4.14. The standard InChI is InChI=1S/C13H21NO4/c1-10(7-16-2)17-8-12(15)9-18-13-5-3-4-11(14)6-13/h3-6,10,12,15H,7-9,14H2,1-2H3. The Morgan fingerprint density at radius 2 is 2.06 bits per heavy atom.